The third-order valence-electron chi connectivity index (χ3n) is 3.49. The van der Waals surface area contributed by atoms with Crippen LogP contribution in [-0.2, 0) is 11.3 Å². The maximum atomic E-state index is 13.4. The fourth-order valence-electron chi connectivity index (χ4n) is 2.39. The first-order chi connectivity index (χ1) is 12.1. The van der Waals surface area contributed by atoms with Crippen molar-refractivity contribution < 1.29 is 13.9 Å². The number of hydrogen-bond donors (Lipinski definition) is 0. The number of carbonyl (C=O) groups excluding carboxylic acids is 1. The summed E-state index contributed by atoms with van der Waals surface area (Å²) in [5, 5.41) is 0.599. The van der Waals surface area contributed by atoms with Gasteiger partial charge < -0.3 is 9.30 Å². The number of halogens is 2. The lowest BCUT2D eigenvalue weighted by molar-refractivity contribution is -0.120. The summed E-state index contributed by atoms with van der Waals surface area (Å²) < 4.78 is 21.5. The van der Waals surface area contributed by atoms with Crippen molar-refractivity contribution in [1.29, 1.82) is 0 Å². The van der Waals surface area contributed by atoms with E-state index in [1.165, 1.54) is 23.5 Å². The molecule has 3 rings (SSSR count). The van der Waals surface area contributed by atoms with Gasteiger partial charge in [0.15, 0.2) is 11.4 Å². The minimum Gasteiger partial charge on any atom is -0.484 e. The molecule has 0 aliphatic rings. The van der Waals surface area contributed by atoms with E-state index in [-0.39, 0.29) is 12.4 Å². The van der Waals surface area contributed by atoms with E-state index in [4.69, 9.17) is 16.3 Å². The summed E-state index contributed by atoms with van der Waals surface area (Å²) in [6.07, 6.45) is 0.881. The minimum atomic E-state index is -0.396. The zero-order chi connectivity index (χ0) is 17.8. The average molecular weight is 379 g/mol. The lowest BCUT2D eigenvalue weighted by atomic mass is 10.3. The standard InChI is InChI=1S/C18H16ClFN2O2S/c1-2-9-22-15-8-5-13(20)10-16(15)25-18(22)21-17(23)11-24-14-6-3-12(19)4-7-14/h3-8,10H,2,9,11H2,1H3. The van der Waals surface area contributed by atoms with Gasteiger partial charge in [-0.2, -0.15) is 4.99 Å². The molecule has 130 valence electrons. The predicted molar refractivity (Wildman–Crippen MR) is 97.6 cm³/mol. The fourth-order valence-corrected chi connectivity index (χ4v) is 3.61. The molecule has 0 N–H and O–H groups in total. The van der Waals surface area contributed by atoms with Crippen LogP contribution in [0.4, 0.5) is 4.39 Å². The number of thiazole rings is 1. The number of carbonyl (C=O) groups is 1. The van der Waals surface area contributed by atoms with E-state index < -0.39 is 5.91 Å². The Morgan fingerprint density at radius 2 is 2.04 bits per heavy atom. The highest BCUT2D eigenvalue weighted by Crippen LogP contribution is 2.19. The van der Waals surface area contributed by atoms with Gasteiger partial charge in [0.2, 0.25) is 0 Å². The van der Waals surface area contributed by atoms with Crippen molar-refractivity contribution in [2.24, 2.45) is 4.99 Å². The summed E-state index contributed by atoms with van der Waals surface area (Å²) in [7, 11) is 0. The molecule has 0 atom stereocenters. The molecule has 0 radical (unpaired) electrons. The zero-order valence-electron chi connectivity index (χ0n) is 13.5. The van der Waals surface area contributed by atoms with Crippen molar-refractivity contribution in [3.8, 4) is 5.75 Å². The van der Waals surface area contributed by atoms with Crippen LogP contribution in [0.2, 0.25) is 5.02 Å². The zero-order valence-corrected chi connectivity index (χ0v) is 15.1. The van der Waals surface area contributed by atoms with Crippen LogP contribution in [0.3, 0.4) is 0 Å². The number of ether oxygens (including phenoxy) is 1. The number of nitrogens with zero attached hydrogens (tertiary/aromatic N) is 2. The van der Waals surface area contributed by atoms with E-state index in [0.29, 0.717) is 22.1 Å². The molecular weight excluding hydrogens is 363 g/mol. The van der Waals surface area contributed by atoms with E-state index in [9.17, 15) is 9.18 Å². The third-order valence-corrected chi connectivity index (χ3v) is 4.78. The van der Waals surface area contributed by atoms with Gasteiger partial charge in [0, 0.05) is 11.6 Å². The smallest absolute Gasteiger partial charge is 0.286 e. The van der Waals surface area contributed by atoms with Crippen LogP contribution < -0.4 is 9.54 Å². The van der Waals surface area contributed by atoms with Gasteiger partial charge in [0.05, 0.1) is 10.2 Å². The molecule has 0 saturated heterocycles. The molecule has 25 heavy (non-hydrogen) atoms. The molecular formula is C18H16ClFN2O2S. The van der Waals surface area contributed by atoms with Gasteiger partial charge in [-0.05, 0) is 48.9 Å². The minimum absolute atomic E-state index is 0.170. The largest absolute Gasteiger partial charge is 0.484 e. The van der Waals surface area contributed by atoms with Crippen molar-refractivity contribution in [2.75, 3.05) is 6.61 Å². The molecule has 1 aromatic heterocycles. The highest BCUT2D eigenvalue weighted by atomic mass is 35.5. The number of fused-ring (bicyclic) bond motifs is 1. The second-order valence-electron chi connectivity index (χ2n) is 5.40. The Morgan fingerprint density at radius 1 is 1.28 bits per heavy atom. The van der Waals surface area contributed by atoms with E-state index in [1.54, 1.807) is 30.3 Å². The van der Waals surface area contributed by atoms with Gasteiger partial charge in [-0.15, -0.1) is 0 Å². The first kappa shape index (κ1) is 17.6. The Labute approximate surface area is 153 Å². The molecule has 4 nitrogen and oxygen atoms in total. The highest BCUT2D eigenvalue weighted by Gasteiger charge is 2.09. The fraction of sp³-hybridized carbons (Fsp3) is 0.222. The van der Waals surface area contributed by atoms with Gasteiger partial charge in [0.25, 0.3) is 5.91 Å². The van der Waals surface area contributed by atoms with Crippen LogP contribution in [-0.4, -0.2) is 17.1 Å². The Bertz CT molecular complexity index is 963. The normalized spacial score (nSPS) is 11.9. The number of rotatable bonds is 5. The Hall–Kier alpha value is -2.18. The van der Waals surface area contributed by atoms with Crippen LogP contribution in [0.1, 0.15) is 13.3 Å². The van der Waals surface area contributed by atoms with Crippen molar-refractivity contribution >= 4 is 39.1 Å². The van der Waals surface area contributed by atoms with Gasteiger partial charge >= 0.3 is 0 Å². The topological polar surface area (TPSA) is 43.6 Å². The monoisotopic (exact) mass is 378 g/mol. The molecule has 3 aromatic rings. The molecule has 0 unspecified atom stereocenters. The first-order valence-corrected chi connectivity index (χ1v) is 9.01. The SMILES string of the molecule is CCCn1c(=NC(=O)COc2ccc(Cl)cc2)sc2cc(F)ccc21. The van der Waals surface area contributed by atoms with Crippen molar-refractivity contribution in [3.63, 3.8) is 0 Å². The maximum absolute atomic E-state index is 13.4. The number of benzene rings is 2. The van der Waals surface area contributed by atoms with Crippen LogP contribution in [0.15, 0.2) is 47.5 Å². The van der Waals surface area contributed by atoms with Crippen LogP contribution in [0, 0.1) is 5.82 Å². The number of aromatic nitrogens is 1. The van der Waals surface area contributed by atoms with Crippen molar-refractivity contribution in [1.82, 2.24) is 4.57 Å². The molecule has 2 aromatic carbocycles. The Balaban J connectivity index is 1.84. The number of aryl methyl sites for hydroxylation is 1. The molecule has 0 spiro atoms. The molecule has 0 aliphatic carbocycles. The Morgan fingerprint density at radius 3 is 2.76 bits per heavy atom. The lowest BCUT2D eigenvalue weighted by Crippen LogP contribution is -2.19. The molecule has 0 saturated carbocycles. The number of amides is 1. The predicted octanol–water partition coefficient (Wildman–Crippen LogP) is 4.41. The van der Waals surface area contributed by atoms with Gasteiger partial charge in [-0.1, -0.05) is 29.9 Å². The second kappa shape index (κ2) is 7.80. The molecule has 0 fully saturated rings. The third kappa shape index (κ3) is 4.27. The highest BCUT2D eigenvalue weighted by molar-refractivity contribution is 7.16. The van der Waals surface area contributed by atoms with Crippen LogP contribution >= 0.6 is 22.9 Å². The summed E-state index contributed by atoms with van der Waals surface area (Å²) >= 11 is 7.10. The summed E-state index contributed by atoms with van der Waals surface area (Å²) in [5.74, 6) is -0.152. The summed E-state index contributed by atoms with van der Waals surface area (Å²) in [6.45, 7) is 2.57. The molecule has 0 aliphatic heterocycles. The quantitative estimate of drug-likeness (QED) is 0.660. The molecule has 0 bridgehead atoms. The maximum Gasteiger partial charge on any atom is 0.286 e. The van der Waals surface area contributed by atoms with E-state index in [0.717, 1.165) is 16.6 Å². The average Bonchev–Trinajstić information content (AvgIpc) is 2.91. The van der Waals surface area contributed by atoms with Crippen LogP contribution in [0.25, 0.3) is 10.2 Å². The van der Waals surface area contributed by atoms with Gasteiger partial charge in [-0.3, -0.25) is 4.79 Å². The van der Waals surface area contributed by atoms with E-state index >= 15 is 0 Å². The molecule has 7 heteroatoms. The summed E-state index contributed by atoms with van der Waals surface area (Å²) in [6, 6.07) is 11.3. The van der Waals surface area contributed by atoms with E-state index in [2.05, 4.69) is 4.99 Å². The van der Waals surface area contributed by atoms with E-state index in [1.807, 2.05) is 11.5 Å². The first-order valence-electron chi connectivity index (χ1n) is 7.81. The van der Waals surface area contributed by atoms with Crippen molar-refractivity contribution in [3.05, 3.63) is 58.1 Å². The number of hydrogen-bond acceptors (Lipinski definition) is 3. The van der Waals surface area contributed by atoms with Gasteiger partial charge in [0.1, 0.15) is 11.6 Å². The second-order valence-corrected chi connectivity index (χ2v) is 6.84. The molecule has 1 amide bonds. The summed E-state index contributed by atoms with van der Waals surface area (Å²) in [5.41, 5.74) is 0.874. The van der Waals surface area contributed by atoms with Gasteiger partial charge in [-0.25, -0.2) is 4.39 Å². The molecule has 1 heterocycles. The lowest BCUT2D eigenvalue weighted by Gasteiger charge is -2.04. The summed E-state index contributed by atoms with van der Waals surface area (Å²) in [4.78, 5) is 16.8. The Kier molecular flexibility index (Phi) is 5.50. The van der Waals surface area contributed by atoms with Crippen LogP contribution in [0.5, 0.6) is 5.75 Å². The van der Waals surface area contributed by atoms with Crippen molar-refractivity contribution in [2.45, 2.75) is 19.9 Å².